The second-order valence-corrected chi connectivity index (χ2v) is 6.02. The summed E-state index contributed by atoms with van der Waals surface area (Å²) in [7, 11) is 0. The Morgan fingerprint density at radius 2 is 2.05 bits per heavy atom. The molecule has 112 valence electrons. The first-order valence-electron chi connectivity index (χ1n) is 7.79. The van der Waals surface area contributed by atoms with Gasteiger partial charge in [-0.2, -0.15) is 0 Å². The van der Waals surface area contributed by atoms with Crippen molar-refractivity contribution in [2.24, 2.45) is 11.8 Å². The highest BCUT2D eigenvalue weighted by Crippen LogP contribution is 2.27. The van der Waals surface area contributed by atoms with Gasteiger partial charge in [-0.05, 0) is 50.6 Å². The molecule has 1 aliphatic carbocycles. The fourth-order valence-corrected chi connectivity index (χ4v) is 3.46. The van der Waals surface area contributed by atoms with E-state index in [0.29, 0.717) is 6.04 Å². The van der Waals surface area contributed by atoms with Gasteiger partial charge in [-0.25, -0.2) is 0 Å². The molecular weight excluding hydrogens is 260 g/mol. The third-order valence-electron chi connectivity index (χ3n) is 4.72. The van der Waals surface area contributed by atoms with Crippen LogP contribution in [0.3, 0.4) is 0 Å². The number of nitrogens with one attached hydrogen (secondary N) is 2. The van der Waals surface area contributed by atoms with Gasteiger partial charge in [-0.1, -0.05) is 26.2 Å². The van der Waals surface area contributed by atoms with E-state index in [2.05, 4.69) is 17.6 Å². The molecule has 2 fully saturated rings. The molecule has 1 amide bonds. The van der Waals surface area contributed by atoms with Crippen LogP contribution in [0.1, 0.15) is 58.3 Å². The molecule has 1 saturated carbocycles. The van der Waals surface area contributed by atoms with Gasteiger partial charge in [0.05, 0.1) is 0 Å². The highest BCUT2D eigenvalue weighted by molar-refractivity contribution is 5.85. The lowest BCUT2D eigenvalue weighted by Crippen LogP contribution is -2.41. The molecule has 2 N–H and O–H groups in total. The molecule has 1 saturated heterocycles. The van der Waals surface area contributed by atoms with E-state index in [-0.39, 0.29) is 18.3 Å². The number of hydrogen-bond acceptors (Lipinski definition) is 2. The minimum absolute atomic E-state index is 0. The summed E-state index contributed by atoms with van der Waals surface area (Å²) in [6, 6.07) is 0.456. The van der Waals surface area contributed by atoms with Gasteiger partial charge >= 0.3 is 0 Å². The van der Waals surface area contributed by atoms with Crippen LogP contribution in [0.15, 0.2) is 0 Å². The number of rotatable bonds is 5. The maximum atomic E-state index is 12.0. The fraction of sp³-hybridized carbons (Fsp3) is 0.933. The summed E-state index contributed by atoms with van der Waals surface area (Å²) in [5.74, 6) is 1.73. The molecule has 1 heterocycles. The molecule has 4 heteroatoms. The molecule has 0 aromatic rings. The van der Waals surface area contributed by atoms with Crippen molar-refractivity contribution in [2.45, 2.75) is 64.3 Å². The van der Waals surface area contributed by atoms with E-state index in [9.17, 15) is 4.79 Å². The van der Waals surface area contributed by atoms with Crippen LogP contribution >= 0.6 is 12.4 Å². The molecule has 3 atom stereocenters. The molecule has 0 aromatic heterocycles. The van der Waals surface area contributed by atoms with Crippen molar-refractivity contribution in [3.8, 4) is 0 Å². The summed E-state index contributed by atoms with van der Waals surface area (Å²) in [4.78, 5) is 12.0. The highest BCUT2D eigenvalue weighted by Gasteiger charge is 2.25. The Kier molecular flexibility index (Phi) is 7.77. The van der Waals surface area contributed by atoms with E-state index in [0.717, 1.165) is 37.8 Å². The van der Waals surface area contributed by atoms with Crippen LogP contribution in [0.4, 0.5) is 0 Å². The summed E-state index contributed by atoms with van der Waals surface area (Å²) in [6.07, 6.45) is 9.35. The molecule has 2 aliphatic rings. The van der Waals surface area contributed by atoms with Gasteiger partial charge in [0.1, 0.15) is 0 Å². The van der Waals surface area contributed by atoms with Crippen LogP contribution in [0.2, 0.25) is 0 Å². The van der Waals surface area contributed by atoms with Gasteiger partial charge in [0, 0.05) is 12.5 Å². The highest BCUT2D eigenvalue weighted by atomic mass is 35.5. The predicted octanol–water partition coefficient (Wildman–Crippen LogP) is 2.88. The first-order chi connectivity index (χ1) is 8.79. The first kappa shape index (κ1) is 16.8. The van der Waals surface area contributed by atoms with Gasteiger partial charge in [-0.3, -0.25) is 4.79 Å². The van der Waals surface area contributed by atoms with E-state index in [1.165, 1.54) is 38.5 Å². The first-order valence-corrected chi connectivity index (χ1v) is 7.79. The van der Waals surface area contributed by atoms with Gasteiger partial charge < -0.3 is 10.6 Å². The summed E-state index contributed by atoms with van der Waals surface area (Å²) in [6.45, 7) is 4.49. The zero-order valence-electron chi connectivity index (χ0n) is 12.1. The zero-order valence-corrected chi connectivity index (χ0v) is 12.9. The summed E-state index contributed by atoms with van der Waals surface area (Å²) < 4.78 is 0. The monoisotopic (exact) mass is 288 g/mol. The molecule has 19 heavy (non-hydrogen) atoms. The summed E-state index contributed by atoms with van der Waals surface area (Å²) >= 11 is 0. The zero-order chi connectivity index (χ0) is 12.8. The standard InChI is InChI=1S/C15H28N2O.ClH/c1-2-13-5-3-4-6-14(13)17-15(18)8-7-12-9-10-16-11-12;/h12-14,16H,2-11H2,1H3,(H,17,18);1H. The van der Waals surface area contributed by atoms with Crippen LogP contribution < -0.4 is 10.6 Å². The van der Waals surface area contributed by atoms with Gasteiger partial charge in [0.15, 0.2) is 0 Å². The quantitative estimate of drug-likeness (QED) is 0.817. The third kappa shape index (κ3) is 5.31. The second-order valence-electron chi connectivity index (χ2n) is 6.02. The minimum Gasteiger partial charge on any atom is -0.353 e. The van der Waals surface area contributed by atoms with Crippen LogP contribution in [0.5, 0.6) is 0 Å². The Morgan fingerprint density at radius 1 is 1.26 bits per heavy atom. The average Bonchev–Trinajstić information content (AvgIpc) is 2.90. The molecule has 2 rings (SSSR count). The van der Waals surface area contributed by atoms with E-state index >= 15 is 0 Å². The lowest BCUT2D eigenvalue weighted by molar-refractivity contribution is -0.122. The number of carbonyl (C=O) groups is 1. The number of carbonyl (C=O) groups excluding carboxylic acids is 1. The second kappa shape index (κ2) is 8.80. The lowest BCUT2D eigenvalue weighted by atomic mass is 9.83. The topological polar surface area (TPSA) is 41.1 Å². The maximum Gasteiger partial charge on any atom is 0.220 e. The number of hydrogen-bond donors (Lipinski definition) is 2. The average molecular weight is 289 g/mol. The molecule has 3 unspecified atom stereocenters. The van der Waals surface area contributed by atoms with Crippen molar-refractivity contribution >= 4 is 18.3 Å². The Morgan fingerprint density at radius 3 is 2.74 bits per heavy atom. The molecule has 0 spiro atoms. The number of halogens is 1. The van der Waals surface area contributed by atoms with Gasteiger partial charge in [0.25, 0.3) is 0 Å². The maximum absolute atomic E-state index is 12.0. The van der Waals surface area contributed by atoms with E-state index in [1.807, 2.05) is 0 Å². The van der Waals surface area contributed by atoms with Crippen molar-refractivity contribution in [3.63, 3.8) is 0 Å². The normalized spacial score (nSPS) is 30.7. The van der Waals surface area contributed by atoms with Crippen molar-refractivity contribution in [1.82, 2.24) is 10.6 Å². The van der Waals surface area contributed by atoms with Crippen LogP contribution in [-0.4, -0.2) is 25.0 Å². The molecular formula is C15H29ClN2O. The molecule has 0 bridgehead atoms. The van der Waals surface area contributed by atoms with E-state index in [1.54, 1.807) is 0 Å². The Hall–Kier alpha value is -0.280. The lowest BCUT2D eigenvalue weighted by Gasteiger charge is -2.31. The van der Waals surface area contributed by atoms with Crippen molar-refractivity contribution < 1.29 is 4.79 Å². The van der Waals surface area contributed by atoms with Crippen LogP contribution in [0.25, 0.3) is 0 Å². The van der Waals surface area contributed by atoms with Gasteiger partial charge in [0.2, 0.25) is 5.91 Å². The smallest absolute Gasteiger partial charge is 0.220 e. The fourth-order valence-electron chi connectivity index (χ4n) is 3.46. The third-order valence-corrected chi connectivity index (χ3v) is 4.72. The molecule has 0 aromatic carbocycles. The van der Waals surface area contributed by atoms with Crippen molar-refractivity contribution in [3.05, 3.63) is 0 Å². The summed E-state index contributed by atoms with van der Waals surface area (Å²) in [5, 5.41) is 6.65. The summed E-state index contributed by atoms with van der Waals surface area (Å²) in [5.41, 5.74) is 0. The minimum atomic E-state index is 0. The Balaban J connectivity index is 0.00000180. The predicted molar refractivity (Wildman–Crippen MR) is 81.6 cm³/mol. The van der Waals surface area contributed by atoms with Gasteiger partial charge in [-0.15, -0.1) is 12.4 Å². The van der Waals surface area contributed by atoms with Crippen LogP contribution in [-0.2, 0) is 4.79 Å². The molecule has 3 nitrogen and oxygen atoms in total. The largest absolute Gasteiger partial charge is 0.353 e. The van der Waals surface area contributed by atoms with E-state index < -0.39 is 0 Å². The Bertz CT molecular complexity index is 267. The molecule has 1 aliphatic heterocycles. The number of amides is 1. The van der Waals surface area contributed by atoms with Crippen molar-refractivity contribution in [2.75, 3.05) is 13.1 Å². The van der Waals surface area contributed by atoms with E-state index in [4.69, 9.17) is 0 Å². The molecule has 0 radical (unpaired) electrons. The van der Waals surface area contributed by atoms with Crippen LogP contribution in [0, 0.1) is 11.8 Å². The van der Waals surface area contributed by atoms with Crippen molar-refractivity contribution in [1.29, 1.82) is 0 Å². The SMILES string of the molecule is CCC1CCCCC1NC(=O)CCC1CCNC1.Cl. The Labute approximate surface area is 123 Å².